The summed E-state index contributed by atoms with van der Waals surface area (Å²) in [5.41, 5.74) is 1.29. The molecular formula is C15H27NO2. The Bertz CT molecular complexity index is 282. The summed E-state index contributed by atoms with van der Waals surface area (Å²) in [7, 11) is 0. The van der Waals surface area contributed by atoms with Gasteiger partial charge in [0.2, 0.25) is 0 Å². The molecule has 104 valence electrons. The van der Waals surface area contributed by atoms with Crippen molar-refractivity contribution >= 4 is 5.97 Å². The van der Waals surface area contributed by atoms with Crippen molar-refractivity contribution in [1.82, 2.24) is 4.90 Å². The molecule has 0 fully saturated rings. The first-order valence-electron chi connectivity index (χ1n) is 7.32. The fourth-order valence-corrected chi connectivity index (χ4v) is 2.11. The van der Waals surface area contributed by atoms with Gasteiger partial charge < -0.3 is 9.64 Å². The van der Waals surface area contributed by atoms with Crippen LogP contribution in [0.2, 0.25) is 0 Å². The van der Waals surface area contributed by atoms with Gasteiger partial charge >= 0.3 is 5.97 Å². The predicted octanol–water partition coefficient (Wildman–Crippen LogP) is 3.01. The molecule has 0 aromatic heterocycles. The molecule has 0 amide bonds. The van der Waals surface area contributed by atoms with Crippen LogP contribution in [0.4, 0.5) is 0 Å². The van der Waals surface area contributed by atoms with Crippen LogP contribution in [0.1, 0.15) is 46.5 Å². The van der Waals surface area contributed by atoms with Crippen LogP contribution < -0.4 is 0 Å². The largest absolute Gasteiger partial charge is 0.464 e. The Morgan fingerprint density at radius 1 is 1.28 bits per heavy atom. The van der Waals surface area contributed by atoms with Crippen LogP contribution in [0.25, 0.3) is 0 Å². The van der Waals surface area contributed by atoms with Crippen molar-refractivity contribution in [2.75, 3.05) is 26.2 Å². The topological polar surface area (TPSA) is 29.5 Å². The highest BCUT2D eigenvalue weighted by Crippen LogP contribution is 2.34. The minimum Gasteiger partial charge on any atom is -0.464 e. The summed E-state index contributed by atoms with van der Waals surface area (Å²) in [6.07, 6.45) is 6.80. The van der Waals surface area contributed by atoms with Crippen molar-refractivity contribution < 1.29 is 9.53 Å². The van der Waals surface area contributed by atoms with Gasteiger partial charge in [-0.25, -0.2) is 0 Å². The van der Waals surface area contributed by atoms with Crippen molar-refractivity contribution in [3.63, 3.8) is 0 Å². The van der Waals surface area contributed by atoms with Gasteiger partial charge in [-0.15, -0.1) is 0 Å². The van der Waals surface area contributed by atoms with E-state index in [1.165, 1.54) is 24.8 Å². The lowest BCUT2D eigenvalue weighted by atomic mass is 10.1. The fourth-order valence-electron chi connectivity index (χ4n) is 2.11. The SMILES string of the molecule is CCCCCC1=CC1C(=O)OCCN(CC)CC. The third kappa shape index (κ3) is 5.21. The molecular weight excluding hydrogens is 226 g/mol. The monoisotopic (exact) mass is 253 g/mol. The lowest BCUT2D eigenvalue weighted by Crippen LogP contribution is -2.28. The van der Waals surface area contributed by atoms with Crippen LogP contribution >= 0.6 is 0 Å². The molecule has 0 saturated heterocycles. The summed E-state index contributed by atoms with van der Waals surface area (Å²) in [6.45, 7) is 9.83. The molecule has 3 heteroatoms. The van der Waals surface area contributed by atoms with E-state index in [0.717, 1.165) is 26.1 Å². The lowest BCUT2D eigenvalue weighted by molar-refractivity contribution is -0.145. The van der Waals surface area contributed by atoms with Gasteiger partial charge in [0.1, 0.15) is 6.61 Å². The van der Waals surface area contributed by atoms with Crippen molar-refractivity contribution in [1.29, 1.82) is 0 Å². The average molecular weight is 253 g/mol. The van der Waals surface area contributed by atoms with E-state index in [0.29, 0.717) is 6.61 Å². The van der Waals surface area contributed by atoms with E-state index in [1.54, 1.807) is 0 Å². The molecule has 1 unspecified atom stereocenters. The Hall–Kier alpha value is -0.830. The number of unbranched alkanes of at least 4 members (excludes halogenated alkanes) is 2. The highest BCUT2D eigenvalue weighted by Gasteiger charge is 2.32. The Kier molecular flexibility index (Phi) is 7.02. The Morgan fingerprint density at radius 3 is 2.61 bits per heavy atom. The van der Waals surface area contributed by atoms with Crippen molar-refractivity contribution in [2.24, 2.45) is 5.92 Å². The highest BCUT2D eigenvalue weighted by atomic mass is 16.5. The molecule has 1 atom stereocenters. The number of rotatable bonds is 10. The highest BCUT2D eigenvalue weighted by molar-refractivity contribution is 5.83. The van der Waals surface area contributed by atoms with Gasteiger partial charge in [0.25, 0.3) is 0 Å². The van der Waals surface area contributed by atoms with Crippen LogP contribution in [0.5, 0.6) is 0 Å². The van der Waals surface area contributed by atoms with Gasteiger partial charge in [0.15, 0.2) is 0 Å². The molecule has 0 bridgehead atoms. The molecule has 1 aliphatic rings. The van der Waals surface area contributed by atoms with Crippen LogP contribution in [0.3, 0.4) is 0 Å². The molecule has 3 nitrogen and oxygen atoms in total. The number of hydrogen-bond acceptors (Lipinski definition) is 3. The molecule has 0 aliphatic heterocycles. The zero-order valence-corrected chi connectivity index (χ0v) is 12.1. The number of esters is 1. The Morgan fingerprint density at radius 2 is 2.00 bits per heavy atom. The maximum absolute atomic E-state index is 11.7. The lowest BCUT2D eigenvalue weighted by Gasteiger charge is -2.17. The number of carbonyl (C=O) groups is 1. The van der Waals surface area contributed by atoms with E-state index in [4.69, 9.17) is 4.74 Å². The summed E-state index contributed by atoms with van der Waals surface area (Å²) < 4.78 is 5.30. The second-order valence-corrected chi connectivity index (χ2v) is 4.87. The first kappa shape index (κ1) is 15.2. The van der Waals surface area contributed by atoms with E-state index in [9.17, 15) is 4.79 Å². The number of likely N-dealkylation sites (N-methyl/N-ethyl adjacent to an activating group) is 1. The maximum atomic E-state index is 11.7. The second kappa shape index (κ2) is 8.30. The zero-order valence-electron chi connectivity index (χ0n) is 12.1. The van der Waals surface area contributed by atoms with Crippen molar-refractivity contribution in [2.45, 2.75) is 46.5 Å². The van der Waals surface area contributed by atoms with Crippen LogP contribution in [-0.2, 0) is 9.53 Å². The molecule has 1 aliphatic carbocycles. The molecule has 0 radical (unpaired) electrons. The van der Waals surface area contributed by atoms with Crippen LogP contribution in [-0.4, -0.2) is 37.1 Å². The van der Waals surface area contributed by atoms with Gasteiger partial charge in [-0.05, 0) is 25.9 Å². The van der Waals surface area contributed by atoms with Crippen LogP contribution in [0.15, 0.2) is 11.6 Å². The van der Waals surface area contributed by atoms with E-state index in [2.05, 4.69) is 31.7 Å². The minimum absolute atomic E-state index is 0.0126. The third-order valence-electron chi connectivity index (χ3n) is 3.54. The van der Waals surface area contributed by atoms with Gasteiger partial charge in [-0.3, -0.25) is 4.79 Å². The first-order chi connectivity index (χ1) is 8.72. The predicted molar refractivity (Wildman–Crippen MR) is 74.5 cm³/mol. The van der Waals surface area contributed by atoms with Crippen molar-refractivity contribution in [3.8, 4) is 0 Å². The Labute approximate surface area is 111 Å². The standard InChI is InChI=1S/C15H27NO2/c1-4-7-8-9-13-12-14(13)15(17)18-11-10-16(5-2)6-3/h12,14H,4-11H2,1-3H3. The molecule has 0 aromatic rings. The smallest absolute Gasteiger partial charge is 0.317 e. The van der Waals surface area contributed by atoms with Gasteiger partial charge in [-0.2, -0.15) is 0 Å². The summed E-state index contributed by atoms with van der Waals surface area (Å²) in [5, 5.41) is 0. The summed E-state index contributed by atoms with van der Waals surface area (Å²) >= 11 is 0. The van der Waals surface area contributed by atoms with Gasteiger partial charge in [0.05, 0.1) is 5.92 Å². The molecule has 0 N–H and O–H groups in total. The molecule has 0 heterocycles. The third-order valence-corrected chi connectivity index (χ3v) is 3.54. The van der Waals surface area contributed by atoms with E-state index >= 15 is 0 Å². The summed E-state index contributed by atoms with van der Waals surface area (Å²) in [5.74, 6) is -0.0350. The zero-order chi connectivity index (χ0) is 13.4. The van der Waals surface area contributed by atoms with Gasteiger partial charge in [0, 0.05) is 6.54 Å². The van der Waals surface area contributed by atoms with E-state index < -0.39 is 0 Å². The van der Waals surface area contributed by atoms with Crippen LogP contribution in [0, 0.1) is 5.92 Å². The average Bonchev–Trinajstić information content (AvgIpc) is 3.14. The fraction of sp³-hybridized carbons (Fsp3) is 0.800. The molecule has 1 rings (SSSR count). The maximum Gasteiger partial charge on any atom is 0.317 e. The first-order valence-corrected chi connectivity index (χ1v) is 7.32. The van der Waals surface area contributed by atoms with E-state index in [-0.39, 0.29) is 11.9 Å². The Balaban J connectivity index is 2.06. The second-order valence-electron chi connectivity index (χ2n) is 4.87. The summed E-state index contributed by atoms with van der Waals surface area (Å²) in [4.78, 5) is 14.0. The summed E-state index contributed by atoms with van der Waals surface area (Å²) in [6, 6.07) is 0. The quantitative estimate of drug-likeness (QED) is 0.340. The number of ether oxygens (including phenoxy) is 1. The van der Waals surface area contributed by atoms with E-state index in [1.807, 2.05) is 0 Å². The number of hydrogen-bond donors (Lipinski definition) is 0. The normalized spacial score (nSPS) is 17.8. The number of nitrogens with zero attached hydrogens (tertiary/aromatic N) is 1. The minimum atomic E-state index is -0.0475. The molecule has 0 spiro atoms. The van der Waals surface area contributed by atoms with Crippen molar-refractivity contribution in [3.05, 3.63) is 11.6 Å². The number of carbonyl (C=O) groups excluding carboxylic acids is 1. The van der Waals surface area contributed by atoms with Gasteiger partial charge in [-0.1, -0.05) is 45.3 Å². The molecule has 18 heavy (non-hydrogen) atoms. The molecule has 0 aromatic carbocycles. The molecule has 0 saturated carbocycles.